The van der Waals surface area contributed by atoms with Crippen LogP contribution in [0, 0.1) is 11.8 Å². The van der Waals surface area contributed by atoms with Gasteiger partial charge in [0.2, 0.25) is 0 Å². The van der Waals surface area contributed by atoms with Crippen LogP contribution in [-0.2, 0) is 14.6 Å². The molecule has 0 saturated heterocycles. The Hall–Kier alpha value is -0.380. The molecular weight excluding hydrogens is 188 g/mol. The lowest BCUT2D eigenvalue weighted by Crippen LogP contribution is -2.22. The van der Waals surface area contributed by atoms with E-state index in [1.165, 1.54) is 6.26 Å². The molecule has 0 aromatic carbocycles. The van der Waals surface area contributed by atoms with Crippen molar-refractivity contribution in [1.82, 2.24) is 0 Å². The molecule has 0 bridgehead atoms. The van der Waals surface area contributed by atoms with Crippen LogP contribution in [0.3, 0.4) is 0 Å². The van der Waals surface area contributed by atoms with Crippen molar-refractivity contribution in [2.45, 2.75) is 25.7 Å². The average Bonchev–Trinajstić information content (AvgIpc) is 2.50. The van der Waals surface area contributed by atoms with E-state index in [-0.39, 0.29) is 11.7 Å². The van der Waals surface area contributed by atoms with Crippen molar-refractivity contribution < 1.29 is 13.2 Å². The SMILES string of the molecule is CS(=O)(=O)C[C@@H](C=O)C1CCCC1. The third kappa shape index (κ3) is 3.46. The summed E-state index contributed by atoms with van der Waals surface area (Å²) in [6.45, 7) is 0. The maximum atomic E-state index is 11.0. The second-order valence-corrected chi connectivity index (χ2v) is 6.12. The van der Waals surface area contributed by atoms with Crippen molar-refractivity contribution in [3.8, 4) is 0 Å². The molecule has 1 rings (SSSR count). The molecule has 13 heavy (non-hydrogen) atoms. The van der Waals surface area contributed by atoms with Gasteiger partial charge in [0.05, 0.1) is 5.75 Å². The minimum Gasteiger partial charge on any atom is -0.303 e. The summed E-state index contributed by atoms with van der Waals surface area (Å²) in [5.74, 6) is 0.0750. The van der Waals surface area contributed by atoms with Crippen LogP contribution in [0.15, 0.2) is 0 Å². The van der Waals surface area contributed by atoms with Crippen molar-refractivity contribution in [2.24, 2.45) is 11.8 Å². The molecule has 4 heteroatoms. The van der Waals surface area contributed by atoms with Gasteiger partial charge in [-0.05, 0) is 18.8 Å². The van der Waals surface area contributed by atoms with E-state index in [2.05, 4.69) is 0 Å². The van der Waals surface area contributed by atoms with Crippen LogP contribution in [0.5, 0.6) is 0 Å². The van der Waals surface area contributed by atoms with Gasteiger partial charge in [-0.1, -0.05) is 12.8 Å². The first kappa shape index (κ1) is 10.7. The topological polar surface area (TPSA) is 51.2 Å². The predicted molar refractivity (Wildman–Crippen MR) is 51.2 cm³/mol. The molecule has 76 valence electrons. The molecule has 3 nitrogen and oxygen atoms in total. The van der Waals surface area contributed by atoms with Crippen LogP contribution in [0.25, 0.3) is 0 Å². The number of rotatable bonds is 4. The van der Waals surface area contributed by atoms with Crippen molar-refractivity contribution >= 4 is 16.1 Å². The number of hydrogen-bond acceptors (Lipinski definition) is 3. The van der Waals surface area contributed by atoms with Crippen LogP contribution >= 0.6 is 0 Å². The number of aldehydes is 1. The fraction of sp³-hybridized carbons (Fsp3) is 0.889. The Morgan fingerprint density at radius 2 is 1.92 bits per heavy atom. The Morgan fingerprint density at radius 3 is 2.31 bits per heavy atom. The molecule has 1 aliphatic carbocycles. The Labute approximate surface area is 79.4 Å². The smallest absolute Gasteiger partial charge is 0.148 e. The summed E-state index contributed by atoms with van der Waals surface area (Å²) in [6, 6.07) is 0. The first-order valence-corrected chi connectivity index (χ1v) is 6.72. The van der Waals surface area contributed by atoms with E-state index in [0.717, 1.165) is 32.0 Å². The summed E-state index contributed by atoms with van der Waals surface area (Å²) in [5, 5.41) is 0. The van der Waals surface area contributed by atoms with Gasteiger partial charge in [-0.15, -0.1) is 0 Å². The second kappa shape index (κ2) is 4.22. The fourth-order valence-corrected chi connectivity index (χ4v) is 3.07. The maximum absolute atomic E-state index is 11.0. The van der Waals surface area contributed by atoms with Crippen molar-refractivity contribution in [3.05, 3.63) is 0 Å². The third-order valence-electron chi connectivity index (χ3n) is 2.68. The summed E-state index contributed by atoms with van der Waals surface area (Å²) in [5.41, 5.74) is 0. The lowest BCUT2D eigenvalue weighted by Gasteiger charge is -2.15. The molecule has 0 aromatic rings. The second-order valence-electron chi connectivity index (χ2n) is 3.94. The van der Waals surface area contributed by atoms with E-state index in [4.69, 9.17) is 0 Å². The molecule has 1 aliphatic rings. The maximum Gasteiger partial charge on any atom is 0.148 e. The highest BCUT2D eigenvalue weighted by Crippen LogP contribution is 2.30. The third-order valence-corrected chi connectivity index (χ3v) is 3.67. The van der Waals surface area contributed by atoms with E-state index in [1.807, 2.05) is 0 Å². The first-order valence-electron chi connectivity index (χ1n) is 4.66. The van der Waals surface area contributed by atoms with Gasteiger partial charge in [-0.25, -0.2) is 8.42 Å². The van der Waals surface area contributed by atoms with E-state index in [1.54, 1.807) is 0 Å². The zero-order valence-corrected chi connectivity index (χ0v) is 8.72. The molecule has 1 fully saturated rings. The van der Waals surface area contributed by atoms with E-state index < -0.39 is 9.84 Å². The molecular formula is C9H16O3S. The van der Waals surface area contributed by atoms with E-state index in [0.29, 0.717) is 5.92 Å². The van der Waals surface area contributed by atoms with E-state index >= 15 is 0 Å². The van der Waals surface area contributed by atoms with Crippen molar-refractivity contribution in [2.75, 3.05) is 12.0 Å². The molecule has 0 N–H and O–H groups in total. The van der Waals surface area contributed by atoms with Crippen LogP contribution in [0.4, 0.5) is 0 Å². The summed E-state index contributed by atoms with van der Waals surface area (Å²) < 4.78 is 22.0. The lowest BCUT2D eigenvalue weighted by atomic mass is 9.94. The zero-order valence-electron chi connectivity index (χ0n) is 7.90. The zero-order chi connectivity index (χ0) is 9.90. The lowest BCUT2D eigenvalue weighted by molar-refractivity contribution is -0.111. The minimum absolute atomic E-state index is 0.0289. The summed E-state index contributed by atoms with van der Waals surface area (Å²) in [6.07, 6.45) is 6.31. The number of carbonyl (C=O) groups excluding carboxylic acids is 1. The van der Waals surface area contributed by atoms with Crippen LogP contribution in [0.2, 0.25) is 0 Å². The van der Waals surface area contributed by atoms with Gasteiger partial charge >= 0.3 is 0 Å². The Morgan fingerprint density at radius 1 is 1.38 bits per heavy atom. The molecule has 0 aliphatic heterocycles. The molecule has 0 unspecified atom stereocenters. The predicted octanol–water partition coefficient (Wildman–Crippen LogP) is 1.04. The molecule has 1 saturated carbocycles. The summed E-state index contributed by atoms with van der Waals surface area (Å²) in [4.78, 5) is 10.7. The van der Waals surface area contributed by atoms with Crippen molar-refractivity contribution in [1.29, 1.82) is 0 Å². The van der Waals surface area contributed by atoms with Crippen molar-refractivity contribution in [3.63, 3.8) is 0 Å². The quantitative estimate of drug-likeness (QED) is 0.643. The number of carbonyl (C=O) groups is 1. The fourth-order valence-electron chi connectivity index (χ4n) is 2.02. The molecule has 0 heterocycles. The Kier molecular flexibility index (Phi) is 3.47. The van der Waals surface area contributed by atoms with Gasteiger partial charge in [0.1, 0.15) is 16.1 Å². The minimum atomic E-state index is -3.00. The molecule has 0 radical (unpaired) electrons. The Bertz CT molecular complexity index is 263. The van der Waals surface area contributed by atoms with Crippen LogP contribution < -0.4 is 0 Å². The van der Waals surface area contributed by atoms with Gasteiger partial charge < -0.3 is 4.79 Å². The van der Waals surface area contributed by atoms with Crippen LogP contribution in [-0.4, -0.2) is 26.7 Å². The number of sulfone groups is 1. The van der Waals surface area contributed by atoms with Gasteiger partial charge in [0.15, 0.2) is 0 Å². The molecule has 0 amide bonds. The average molecular weight is 204 g/mol. The first-order chi connectivity index (χ1) is 6.03. The van der Waals surface area contributed by atoms with Gasteiger partial charge in [-0.3, -0.25) is 0 Å². The normalized spacial score (nSPS) is 21.6. The van der Waals surface area contributed by atoms with Crippen LogP contribution in [0.1, 0.15) is 25.7 Å². The highest BCUT2D eigenvalue weighted by Gasteiger charge is 2.27. The largest absolute Gasteiger partial charge is 0.303 e. The molecule has 0 aromatic heterocycles. The number of hydrogen-bond donors (Lipinski definition) is 0. The summed E-state index contributed by atoms with van der Waals surface area (Å²) in [7, 11) is -3.00. The standard InChI is InChI=1S/C9H16O3S/c1-13(11,12)7-9(6-10)8-4-2-3-5-8/h6,8-9H,2-5,7H2,1H3/t9-/m1/s1. The Balaban J connectivity index is 2.56. The summed E-state index contributed by atoms with van der Waals surface area (Å²) >= 11 is 0. The highest BCUT2D eigenvalue weighted by atomic mass is 32.2. The highest BCUT2D eigenvalue weighted by molar-refractivity contribution is 7.90. The molecule has 1 atom stereocenters. The van der Waals surface area contributed by atoms with E-state index in [9.17, 15) is 13.2 Å². The van der Waals surface area contributed by atoms with Gasteiger partial charge in [-0.2, -0.15) is 0 Å². The van der Waals surface area contributed by atoms with Gasteiger partial charge in [0, 0.05) is 12.2 Å². The molecule has 0 spiro atoms. The monoisotopic (exact) mass is 204 g/mol. The van der Waals surface area contributed by atoms with Gasteiger partial charge in [0.25, 0.3) is 0 Å².